The van der Waals surface area contributed by atoms with Crippen LogP contribution in [0.4, 0.5) is 22.7 Å². The van der Waals surface area contributed by atoms with Crippen molar-refractivity contribution in [3.05, 3.63) is 291 Å². The minimum absolute atomic E-state index is 1.20. The molecule has 16 aromatic carbocycles. The number of fused-ring (bicyclic) bond motifs is 10. The topological polar surface area (TPSA) is 6.48 Å². The summed E-state index contributed by atoms with van der Waals surface area (Å²) in [6, 6.07) is 109. The standard InChI is InChI=1S/C84H54N2/c1-85-75-47-48-76-84-74(62-44-42-54(50-78(62)86(76)2)80-67-33-13-17-37-71(67)82(72-38-18-14-34-68(72)80)64-30-10-8-28-60(64)58-40-20-24-52-22-4-6-26-56(52)58)46-45-73(83(75)84)61-43-41-53(49-77(61)85)79-65-31-11-15-35-69(65)81(70-36-16-12-32-66(70)79)63-29-9-7-27-59(63)57-39-19-23-51-21-3-5-25-55(51)57/h3-50H,1-2H3. The van der Waals surface area contributed by atoms with Crippen molar-refractivity contribution in [2.24, 2.45) is 0 Å². The number of rotatable bonds is 6. The van der Waals surface area contributed by atoms with Gasteiger partial charge in [0.05, 0.1) is 0 Å². The van der Waals surface area contributed by atoms with Gasteiger partial charge in [-0.05, 0) is 167 Å². The van der Waals surface area contributed by atoms with Crippen LogP contribution < -0.4 is 9.80 Å². The van der Waals surface area contributed by atoms with E-state index in [-0.39, 0.29) is 0 Å². The van der Waals surface area contributed by atoms with Gasteiger partial charge >= 0.3 is 0 Å². The number of hydrogen-bond donors (Lipinski definition) is 0. The highest BCUT2D eigenvalue weighted by Crippen LogP contribution is 2.58. The van der Waals surface area contributed by atoms with Crippen LogP contribution in [0.2, 0.25) is 0 Å². The molecule has 18 rings (SSSR count). The summed E-state index contributed by atoms with van der Waals surface area (Å²) >= 11 is 0. The van der Waals surface area contributed by atoms with E-state index in [4.69, 9.17) is 0 Å². The van der Waals surface area contributed by atoms with Crippen LogP contribution in [0.3, 0.4) is 0 Å². The van der Waals surface area contributed by atoms with Crippen LogP contribution in [0.25, 0.3) is 164 Å². The second kappa shape index (κ2) is 18.7. The highest BCUT2D eigenvalue weighted by atomic mass is 15.1. The largest absolute Gasteiger partial charge is 0.344 e. The third-order valence-electron chi connectivity index (χ3n) is 19.1. The summed E-state index contributed by atoms with van der Waals surface area (Å²) in [7, 11) is 4.52. The lowest BCUT2D eigenvalue weighted by Gasteiger charge is -2.36. The normalized spacial score (nSPS) is 12.5. The quantitative estimate of drug-likeness (QED) is 0.153. The van der Waals surface area contributed by atoms with Gasteiger partial charge < -0.3 is 9.80 Å². The molecule has 0 aliphatic carbocycles. The molecule has 0 radical (unpaired) electrons. The molecule has 0 spiro atoms. The third kappa shape index (κ3) is 6.96. The first-order valence-corrected chi connectivity index (χ1v) is 29.9. The Morgan fingerprint density at radius 2 is 0.465 bits per heavy atom. The van der Waals surface area contributed by atoms with Gasteiger partial charge in [0.25, 0.3) is 0 Å². The lowest BCUT2D eigenvalue weighted by molar-refractivity contribution is 1.19. The van der Waals surface area contributed by atoms with E-state index in [2.05, 4.69) is 315 Å². The molecule has 0 aromatic heterocycles. The van der Waals surface area contributed by atoms with E-state index in [0.717, 1.165) is 0 Å². The Hall–Kier alpha value is -11.1. The van der Waals surface area contributed by atoms with E-state index >= 15 is 0 Å². The van der Waals surface area contributed by atoms with Crippen LogP contribution >= 0.6 is 0 Å². The first-order valence-electron chi connectivity index (χ1n) is 29.9. The maximum atomic E-state index is 2.45. The molecule has 2 heteroatoms. The summed E-state index contributed by atoms with van der Waals surface area (Å²) in [5.41, 5.74) is 24.8. The Labute approximate surface area is 499 Å². The Balaban J connectivity index is 0.763. The summed E-state index contributed by atoms with van der Waals surface area (Å²) in [6.07, 6.45) is 0. The lowest BCUT2D eigenvalue weighted by Crippen LogP contribution is -2.19. The molecule has 0 saturated carbocycles. The zero-order valence-corrected chi connectivity index (χ0v) is 47.6. The fourth-order valence-corrected chi connectivity index (χ4v) is 15.4. The molecule has 0 amide bonds. The maximum Gasteiger partial charge on any atom is 0.0496 e. The molecular weight excluding hydrogens is 1040 g/mol. The van der Waals surface area contributed by atoms with Crippen molar-refractivity contribution >= 4 is 98.2 Å². The summed E-state index contributed by atoms with van der Waals surface area (Å²) in [4.78, 5) is 4.87. The van der Waals surface area contributed by atoms with Gasteiger partial charge in [-0.1, -0.05) is 267 Å². The molecule has 2 heterocycles. The monoisotopic (exact) mass is 1090 g/mol. The van der Waals surface area contributed by atoms with Crippen molar-refractivity contribution in [3.8, 4) is 89.0 Å². The summed E-state index contributed by atoms with van der Waals surface area (Å²) in [5, 5.41) is 17.6. The fourth-order valence-electron chi connectivity index (χ4n) is 15.4. The van der Waals surface area contributed by atoms with Gasteiger partial charge in [-0.3, -0.25) is 0 Å². The van der Waals surface area contributed by atoms with E-state index in [1.54, 1.807) is 0 Å². The fraction of sp³-hybridized carbons (Fsp3) is 0.0238. The number of anilines is 4. The Morgan fingerprint density at radius 3 is 0.837 bits per heavy atom. The molecule has 0 bridgehead atoms. The average Bonchev–Trinajstić information content (AvgIpc) is 0.800. The van der Waals surface area contributed by atoms with Crippen molar-refractivity contribution < 1.29 is 0 Å². The van der Waals surface area contributed by atoms with Crippen molar-refractivity contribution in [1.29, 1.82) is 0 Å². The van der Waals surface area contributed by atoms with Gasteiger partial charge in [-0.15, -0.1) is 0 Å². The van der Waals surface area contributed by atoms with Gasteiger partial charge in [0, 0.05) is 58.7 Å². The predicted molar refractivity (Wildman–Crippen MR) is 369 cm³/mol. The van der Waals surface area contributed by atoms with Crippen molar-refractivity contribution in [2.75, 3.05) is 23.9 Å². The zero-order chi connectivity index (χ0) is 56.7. The van der Waals surface area contributed by atoms with Crippen molar-refractivity contribution in [2.45, 2.75) is 0 Å². The minimum atomic E-state index is 1.20. The first kappa shape index (κ1) is 48.5. The molecule has 0 saturated heterocycles. The molecule has 0 fully saturated rings. The van der Waals surface area contributed by atoms with Gasteiger partial charge in [-0.25, -0.2) is 0 Å². The summed E-state index contributed by atoms with van der Waals surface area (Å²) in [6.45, 7) is 0. The zero-order valence-electron chi connectivity index (χ0n) is 47.6. The van der Waals surface area contributed by atoms with E-state index in [1.165, 1.54) is 187 Å². The summed E-state index contributed by atoms with van der Waals surface area (Å²) < 4.78 is 0. The smallest absolute Gasteiger partial charge is 0.0496 e. The van der Waals surface area contributed by atoms with E-state index < -0.39 is 0 Å². The second-order valence-corrected chi connectivity index (χ2v) is 23.4. The highest BCUT2D eigenvalue weighted by molar-refractivity contribution is 6.27. The van der Waals surface area contributed by atoms with Gasteiger partial charge in [0.2, 0.25) is 0 Å². The molecule has 0 unspecified atom stereocenters. The van der Waals surface area contributed by atoms with E-state index in [9.17, 15) is 0 Å². The molecule has 2 aliphatic heterocycles. The average molecular weight is 1090 g/mol. The SMILES string of the molecule is CN1c2cc(-c3c4ccccc4c(-c4ccccc4-c4cccc5ccccc45)c4ccccc34)ccc2-c2ccc3c4c(ccc1c24)N(C)c1cc(-c2c4ccccc4c(-c4ccccc4-c4cccc5ccccc45)c4ccccc24)ccc1-3. The summed E-state index contributed by atoms with van der Waals surface area (Å²) in [5.74, 6) is 0. The maximum absolute atomic E-state index is 2.45. The van der Waals surface area contributed by atoms with Gasteiger partial charge in [0.15, 0.2) is 0 Å². The van der Waals surface area contributed by atoms with Crippen molar-refractivity contribution in [3.63, 3.8) is 0 Å². The molecule has 400 valence electrons. The van der Waals surface area contributed by atoms with Crippen LogP contribution in [-0.2, 0) is 0 Å². The van der Waals surface area contributed by atoms with Crippen LogP contribution in [0.15, 0.2) is 291 Å². The molecule has 0 atom stereocenters. The Bertz CT molecular complexity index is 5120. The van der Waals surface area contributed by atoms with Crippen LogP contribution in [0.1, 0.15) is 0 Å². The second-order valence-electron chi connectivity index (χ2n) is 23.4. The van der Waals surface area contributed by atoms with E-state index in [0.29, 0.717) is 0 Å². The molecular formula is C84H54N2. The van der Waals surface area contributed by atoms with Gasteiger partial charge in [0.1, 0.15) is 0 Å². The first-order chi connectivity index (χ1) is 42.6. The molecule has 2 nitrogen and oxygen atoms in total. The molecule has 0 N–H and O–H groups in total. The van der Waals surface area contributed by atoms with E-state index in [1.807, 2.05) is 0 Å². The Morgan fingerprint density at radius 1 is 0.186 bits per heavy atom. The predicted octanol–water partition coefficient (Wildman–Crippen LogP) is 23.3. The number of hydrogen-bond acceptors (Lipinski definition) is 2. The van der Waals surface area contributed by atoms with Crippen LogP contribution in [0.5, 0.6) is 0 Å². The van der Waals surface area contributed by atoms with Crippen LogP contribution in [0, 0.1) is 0 Å². The van der Waals surface area contributed by atoms with Crippen LogP contribution in [-0.4, -0.2) is 14.1 Å². The number of benzene rings is 16. The minimum Gasteiger partial charge on any atom is -0.344 e. The Kier molecular flexibility index (Phi) is 10.6. The highest BCUT2D eigenvalue weighted by Gasteiger charge is 2.32. The third-order valence-corrected chi connectivity index (χ3v) is 19.1. The lowest BCUT2D eigenvalue weighted by atomic mass is 9.81. The molecule has 86 heavy (non-hydrogen) atoms. The molecule has 2 aliphatic rings. The number of nitrogens with zero attached hydrogens (tertiary/aromatic N) is 2. The van der Waals surface area contributed by atoms with Crippen molar-refractivity contribution in [1.82, 2.24) is 0 Å². The van der Waals surface area contributed by atoms with Gasteiger partial charge in [-0.2, -0.15) is 0 Å². The molecule has 16 aromatic rings.